The fraction of sp³-hybridized carbons (Fsp3) is 0.900. The number of hydrogen-bond donors (Lipinski definition) is 3. The average molecular weight is 269 g/mol. The molecule has 0 amide bonds. The molecule has 6 nitrogen and oxygen atoms in total. The second-order valence-electron chi connectivity index (χ2n) is 3.67. The monoisotopic (exact) mass is 269 g/mol. The van der Waals surface area contributed by atoms with Gasteiger partial charge in [0.2, 0.25) is 0 Å². The Balaban J connectivity index is 3.81. The summed E-state index contributed by atoms with van der Waals surface area (Å²) >= 11 is 0. The van der Waals surface area contributed by atoms with E-state index in [2.05, 4.69) is 6.92 Å². The van der Waals surface area contributed by atoms with Gasteiger partial charge in [-0.1, -0.05) is 19.8 Å². The zero-order chi connectivity index (χ0) is 13.1. The van der Waals surface area contributed by atoms with Crippen molar-refractivity contribution in [3.8, 4) is 0 Å². The largest absolute Gasteiger partial charge is 0.394 e. The predicted octanol–water partition coefficient (Wildman–Crippen LogP) is 0.563. The highest BCUT2D eigenvalue weighted by atomic mass is 31.2. The number of hydrogen-bond acceptors (Lipinski definition) is 4. The summed E-state index contributed by atoms with van der Waals surface area (Å²) in [6.07, 6.45) is 1.32. The van der Waals surface area contributed by atoms with Crippen LogP contribution in [-0.4, -0.2) is 53.6 Å². The van der Waals surface area contributed by atoms with E-state index in [1.807, 2.05) is 0 Å². The lowest BCUT2D eigenvalue weighted by Crippen LogP contribution is -2.21. The molecule has 0 spiro atoms. The highest BCUT2D eigenvalue weighted by Crippen LogP contribution is 2.36. The standard InChI is InChI=1S/C10H22O6P/c1-2-3-4-10(9-17(12,13)14)16-8-7-15-6-5-11/h10-11H,1-9H2,(H2,12,13,14). The third-order valence-electron chi connectivity index (χ3n) is 2.03. The van der Waals surface area contributed by atoms with Crippen molar-refractivity contribution >= 4 is 7.60 Å². The van der Waals surface area contributed by atoms with Crippen molar-refractivity contribution in [2.24, 2.45) is 0 Å². The quantitative estimate of drug-likeness (QED) is 0.375. The maximum absolute atomic E-state index is 10.9. The van der Waals surface area contributed by atoms with Gasteiger partial charge in [-0.25, -0.2) is 0 Å². The molecule has 0 aromatic heterocycles. The molecule has 0 aromatic carbocycles. The van der Waals surface area contributed by atoms with Crippen LogP contribution >= 0.6 is 7.60 Å². The Labute approximate surface area is 102 Å². The molecule has 0 aliphatic heterocycles. The number of rotatable bonds is 11. The Bertz CT molecular complexity index is 217. The van der Waals surface area contributed by atoms with Crippen LogP contribution in [0.1, 0.15) is 19.3 Å². The van der Waals surface area contributed by atoms with E-state index in [0.717, 1.165) is 6.42 Å². The van der Waals surface area contributed by atoms with Gasteiger partial charge < -0.3 is 24.4 Å². The minimum atomic E-state index is -4.05. The van der Waals surface area contributed by atoms with Gasteiger partial charge in [-0.3, -0.25) is 4.57 Å². The Morgan fingerprint density at radius 1 is 1.24 bits per heavy atom. The molecule has 0 bridgehead atoms. The fourth-order valence-electron chi connectivity index (χ4n) is 1.30. The molecule has 0 aliphatic carbocycles. The van der Waals surface area contributed by atoms with E-state index < -0.39 is 13.7 Å². The lowest BCUT2D eigenvalue weighted by Gasteiger charge is -2.18. The first-order chi connectivity index (χ1) is 7.99. The zero-order valence-electron chi connectivity index (χ0n) is 9.95. The van der Waals surface area contributed by atoms with Crippen molar-refractivity contribution in [3.63, 3.8) is 0 Å². The molecular formula is C10H22O6P. The van der Waals surface area contributed by atoms with Crippen molar-refractivity contribution in [1.29, 1.82) is 0 Å². The van der Waals surface area contributed by atoms with E-state index in [0.29, 0.717) is 19.4 Å². The van der Waals surface area contributed by atoms with Crippen LogP contribution in [0.4, 0.5) is 0 Å². The lowest BCUT2D eigenvalue weighted by molar-refractivity contribution is 0.000847. The van der Waals surface area contributed by atoms with Crippen molar-refractivity contribution in [1.82, 2.24) is 0 Å². The first-order valence-corrected chi connectivity index (χ1v) is 7.43. The molecule has 0 rings (SSSR count). The van der Waals surface area contributed by atoms with E-state index in [9.17, 15) is 4.57 Å². The maximum Gasteiger partial charge on any atom is 0.328 e. The van der Waals surface area contributed by atoms with Crippen molar-refractivity contribution < 1.29 is 28.9 Å². The normalized spacial score (nSPS) is 13.9. The summed E-state index contributed by atoms with van der Waals surface area (Å²) in [6.45, 7) is 4.44. The van der Waals surface area contributed by atoms with Gasteiger partial charge in [0.1, 0.15) is 0 Å². The molecule has 3 N–H and O–H groups in total. The second kappa shape index (κ2) is 10.00. The highest BCUT2D eigenvalue weighted by molar-refractivity contribution is 7.51. The van der Waals surface area contributed by atoms with Gasteiger partial charge in [-0.15, -0.1) is 0 Å². The molecule has 17 heavy (non-hydrogen) atoms. The van der Waals surface area contributed by atoms with Crippen LogP contribution in [0.2, 0.25) is 0 Å². The Morgan fingerprint density at radius 3 is 2.47 bits per heavy atom. The van der Waals surface area contributed by atoms with Crippen LogP contribution < -0.4 is 0 Å². The van der Waals surface area contributed by atoms with Crippen molar-refractivity contribution in [3.05, 3.63) is 6.92 Å². The first-order valence-electron chi connectivity index (χ1n) is 5.63. The SMILES string of the molecule is [CH2]CCCC(CP(=O)(O)O)OCCOCCO. The van der Waals surface area contributed by atoms with E-state index in [1.54, 1.807) is 0 Å². The molecular weight excluding hydrogens is 247 g/mol. The van der Waals surface area contributed by atoms with Gasteiger partial charge in [-0.05, 0) is 6.42 Å². The van der Waals surface area contributed by atoms with Gasteiger partial charge in [0.05, 0.1) is 38.7 Å². The minimum absolute atomic E-state index is 0.0482. The smallest absolute Gasteiger partial charge is 0.328 e. The van der Waals surface area contributed by atoms with Crippen molar-refractivity contribution in [2.45, 2.75) is 25.4 Å². The van der Waals surface area contributed by atoms with Crippen LogP contribution in [0, 0.1) is 6.92 Å². The van der Waals surface area contributed by atoms with E-state index in [4.69, 9.17) is 24.4 Å². The topological polar surface area (TPSA) is 96.2 Å². The van der Waals surface area contributed by atoms with Crippen molar-refractivity contribution in [2.75, 3.05) is 32.6 Å². The molecule has 7 heteroatoms. The Kier molecular flexibility index (Phi) is 10.0. The van der Waals surface area contributed by atoms with E-state index >= 15 is 0 Å². The summed E-state index contributed by atoms with van der Waals surface area (Å²) in [5.41, 5.74) is 0. The molecule has 1 radical (unpaired) electrons. The first kappa shape index (κ1) is 17.0. The van der Waals surface area contributed by atoms with Gasteiger partial charge >= 0.3 is 7.60 Å². The third-order valence-corrected chi connectivity index (χ3v) is 2.92. The average Bonchev–Trinajstić information content (AvgIpc) is 2.23. The summed E-state index contributed by atoms with van der Waals surface area (Å²) in [7, 11) is -4.05. The maximum atomic E-state index is 10.9. The summed E-state index contributed by atoms with van der Waals surface area (Å²) in [4.78, 5) is 17.8. The van der Waals surface area contributed by atoms with Crippen LogP contribution in [-0.2, 0) is 14.0 Å². The summed E-state index contributed by atoms with van der Waals surface area (Å²) in [5.74, 6) is 0. The van der Waals surface area contributed by atoms with Gasteiger partial charge in [0, 0.05) is 0 Å². The molecule has 103 valence electrons. The fourth-order valence-corrected chi connectivity index (χ4v) is 2.12. The molecule has 0 saturated carbocycles. The third kappa shape index (κ3) is 12.3. The molecule has 0 saturated heterocycles. The molecule has 0 heterocycles. The van der Waals surface area contributed by atoms with E-state index in [-0.39, 0.29) is 26.0 Å². The molecule has 0 fully saturated rings. The van der Waals surface area contributed by atoms with E-state index in [1.165, 1.54) is 0 Å². The summed E-state index contributed by atoms with van der Waals surface area (Å²) in [5, 5.41) is 8.47. The van der Waals surface area contributed by atoms with Gasteiger partial charge in [0.25, 0.3) is 0 Å². The molecule has 1 unspecified atom stereocenters. The van der Waals surface area contributed by atoms with Crippen LogP contribution in [0.5, 0.6) is 0 Å². The number of unbranched alkanes of at least 4 members (excludes halogenated alkanes) is 1. The Hall–Kier alpha value is 0.0300. The van der Waals surface area contributed by atoms with Crippen LogP contribution in [0.25, 0.3) is 0 Å². The number of aliphatic hydroxyl groups excluding tert-OH is 1. The molecule has 0 aliphatic rings. The number of aliphatic hydroxyl groups is 1. The number of ether oxygens (including phenoxy) is 2. The molecule has 1 atom stereocenters. The van der Waals surface area contributed by atoms with Gasteiger partial charge in [-0.2, -0.15) is 0 Å². The van der Waals surface area contributed by atoms with Crippen LogP contribution in [0.15, 0.2) is 0 Å². The Morgan fingerprint density at radius 2 is 1.94 bits per heavy atom. The molecule has 0 aromatic rings. The minimum Gasteiger partial charge on any atom is -0.394 e. The highest BCUT2D eigenvalue weighted by Gasteiger charge is 2.21. The van der Waals surface area contributed by atoms with Gasteiger partial charge in [0.15, 0.2) is 0 Å². The zero-order valence-corrected chi connectivity index (χ0v) is 10.8. The second-order valence-corrected chi connectivity index (χ2v) is 5.37. The summed E-state index contributed by atoms with van der Waals surface area (Å²) in [6, 6.07) is 0. The lowest BCUT2D eigenvalue weighted by atomic mass is 10.2. The summed E-state index contributed by atoms with van der Waals surface area (Å²) < 4.78 is 21.2. The predicted molar refractivity (Wildman–Crippen MR) is 63.8 cm³/mol. The van der Waals surface area contributed by atoms with Crippen LogP contribution in [0.3, 0.4) is 0 Å².